The lowest BCUT2D eigenvalue weighted by atomic mass is 10.2. The standard InChI is InChI=1S/C11H12F3NO4/c1-17-7-2-3-9(15)8(6-7)10(16)18-4-5-19-11(12,13)14/h2-3,6H,4-5,15H2,1H3. The Labute approximate surface area is 107 Å². The number of halogens is 3. The number of methoxy groups -OCH3 is 1. The molecule has 0 aliphatic rings. The van der Waals surface area contributed by atoms with E-state index in [1.807, 2.05) is 0 Å². The van der Waals surface area contributed by atoms with Gasteiger partial charge in [-0.2, -0.15) is 0 Å². The van der Waals surface area contributed by atoms with Crippen molar-refractivity contribution in [1.82, 2.24) is 0 Å². The highest BCUT2D eigenvalue weighted by Crippen LogP contribution is 2.20. The molecule has 0 atom stereocenters. The minimum absolute atomic E-state index is 0.0198. The van der Waals surface area contributed by atoms with Gasteiger partial charge in [-0.15, -0.1) is 13.2 Å². The Kier molecular flexibility index (Phi) is 4.99. The molecule has 106 valence electrons. The fourth-order valence-electron chi connectivity index (χ4n) is 1.21. The van der Waals surface area contributed by atoms with E-state index in [0.717, 1.165) is 0 Å². The molecule has 0 amide bonds. The molecule has 0 unspecified atom stereocenters. The fourth-order valence-corrected chi connectivity index (χ4v) is 1.21. The number of esters is 1. The third-order valence-corrected chi connectivity index (χ3v) is 2.06. The van der Waals surface area contributed by atoms with Crippen LogP contribution in [0.25, 0.3) is 0 Å². The van der Waals surface area contributed by atoms with E-state index in [0.29, 0.717) is 5.75 Å². The molecular weight excluding hydrogens is 267 g/mol. The number of carbonyl (C=O) groups is 1. The summed E-state index contributed by atoms with van der Waals surface area (Å²) in [6.45, 7) is -1.31. The Morgan fingerprint density at radius 3 is 2.58 bits per heavy atom. The SMILES string of the molecule is COc1ccc(N)c(C(=O)OCCOC(F)(F)F)c1. The number of nitrogens with two attached hydrogens (primary N) is 1. The van der Waals surface area contributed by atoms with Gasteiger partial charge in [-0.25, -0.2) is 4.79 Å². The van der Waals surface area contributed by atoms with Crippen molar-refractivity contribution >= 4 is 11.7 Å². The van der Waals surface area contributed by atoms with E-state index in [1.54, 1.807) is 6.07 Å². The van der Waals surface area contributed by atoms with Gasteiger partial charge in [0.1, 0.15) is 12.4 Å². The van der Waals surface area contributed by atoms with Crippen LogP contribution >= 0.6 is 0 Å². The van der Waals surface area contributed by atoms with E-state index in [-0.39, 0.29) is 11.3 Å². The topological polar surface area (TPSA) is 70.8 Å². The summed E-state index contributed by atoms with van der Waals surface area (Å²) in [6, 6.07) is 4.31. The first-order valence-electron chi connectivity index (χ1n) is 5.15. The Balaban J connectivity index is 2.54. The van der Waals surface area contributed by atoms with Crippen LogP contribution in [0, 0.1) is 0 Å². The summed E-state index contributed by atoms with van der Waals surface area (Å²) in [6.07, 6.45) is -4.75. The molecule has 8 heteroatoms. The highest BCUT2D eigenvalue weighted by Gasteiger charge is 2.28. The molecule has 0 aliphatic carbocycles. The van der Waals surface area contributed by atoms with E-state index in [2.05, 4.69) is 9.47 Å². The monoisotopic (exact) mass is 279 g/mol. The Bertz CT molecular complexity index is 448. The van der Waals surface area contributed by atoms with Crippen LogP contribution in [0.3, 0.4) is 0 Å². The lowest BCUT2D eigenvalue weighted by Crippen LogP contribution is -2.19. The number of benzene rings is 1. The highest BCUT2D eigenvalue weighted by molar-refractivity contribution is 5.95. The second-order valence-corrected chi connectivity index (χ2v) is 3.38. The maximum absolute atomic E-state index is 11.7. The number of anilines is 1. The van der Waals surface area contributed by atoms with Crippen molar-refractivity contribution in [2.45, 2.75) is 6.36 Å². The van der Waals surface area contributed by atoms with Gasteiger partial charge in [-0.3, -0.25) is 4.74 Å². The smallest absolute Gasteiger partial charge is 0.497 e. The number of ether oxygens (including phenoxy) is 3. The molecule has 0 bridgehead atoms. The van der Waals surface area contributed by atoms with Crippen molar-refractivity contribution in [1.29, 1.82) is 0 Å². The second-order valence-electron chi connectivity index (χ2n) is 3.38. The molecule has 1 aromatic rings. The molecule has 0 spiro atoms. The lowest BCUT2D eigenvalue weighted by molar-refractivity contribution is -0.326. The third-order valence-electron chi connectivity index (χ3n) is 2.06. The van der Waals surface area contributed by atoms with Crippen molar-refractivity contribution in [3.63, 3.8) is 0 Å². The van der Waals surface area contributed by atoms with Gasteiger partial charge in [-0.1, -0.05) is 0 Å². The largest absolute Gasteiger partial charge is 0.522 e. The fraction of sp³-hybridized carbons (Fsp3) is 0.364. The van der Waals surface area contributed by atoms with E-state index >= 15 is 0 Å². The van der Waals surface area contributed by atoms with Crippen LogP contribution in [0.1, 0.15) is 10.4 Å². The number of hydrogen-bond acceptors (Lipinski definition) is 5. The Hall–Kier alpha value is -1.96. The van der Waals surface area contributed by atoms with Crippen molar-refractivity contribution in [2.24, 2.45) is 0 Å². The summed E-state index contributed by atoms with van der Waals surface area (Å²) in [5.41, 5.74) is 5.71. The first-order chi connectivity index (χ1) is 8.83. The van der Waals surface area contributed by atoms with Crippen LogP contribution in [-0.2, 0) is 9.47 Å². The van der Waals surface area contributed by atoms with Crippen LogP contribution in [0.4, 0.5) is 18.9 Å². The molecule has 1 rings (SSSR count). The van der Waals surface area contributed by atoms with Crippen LogP contribution < -0.4 is 10.5 Å². The maximum Gasteiger partial charge on any atom is 0.522 e. The molecule has 0 saturated carbocycles. The number of alkyl halides is 3. The summed E-state index contributed by atoms with van der Waals surface area (Å²) in [7, 11) is 1.40. The Morgan fingerprint density at radius 1 is 1.32 bits per heavy atom. The predicted molar refractivity (Wildman–Crippen MR) is 59.7 cm³/mol. The third kappa shape index (κ3) is 5.04. The minimum atomic E-state index is -4.75. The predicted octanol–water partition coefficient (Wildman–Crippen LogP) is 1.97. The molecule has 0 heterocycles. The summed E-state index contributed by atoms with van der Waals surface area (Å²) in [4.78, 5) is 11.6. The number of hydrogen-bond donors (Lipinski definition) is 1. The van der Waals surface area contributed by atoms with E-state index in [4.69, 9.17) is 10.5 Å². The van der Waals surface area contributed by atoms with Crippen LogP contribution in [0.15, 0.2) is 18.2 Å². The van der Waals surface area contributed by atoms with Gasteiger partial charge in [0.05, 0.1) is 19.3 Å². The van der Waals surface area contributed by atoms with Crippen molar-refractivity contribution < 1.29 is 32.2 Å². The number of carbonyl (C=O) groups excluding carboxylic acids is 1. The summed E-state index contributed by atoms with van der Waals surface area (Å²) < 4.78 is 48.0. The first-order valence-corrected chi connectivity index (χ1v) is 5.15. The lowest BCUT2D eigenvalue weighted by Gasteiger charge is -2.10. The average Bonchev–Trinajstić information content (AvgIpc) is 2.34. The molecule has 0 saturated heterocycles. The first kappa shape index (κ1) is 15.1. The number of rotatable bonds is 5. The molecule has 0 radical (unpaired) electrons. The van der Waals surface area contributed by atoms with Crippen molar-refractivity contribution in [3.05, 3.63) is 23.8 Å². The van der Waals surface area contributed by atoms with E-state index < -0.39 is 25.5 Å². The van der Waals surface area contributed by atoms with Gasteiger partial charge in [0.15, 0.2) is 0 Å². The Morgan fingerprint density at radius 2 is 2.00 bits per heavy atom. The van der Waals surface area contributed by atoms with Crippen molar-refractivity contribution in [3.8, 4) is 5.75 Å². The summed E-state index contributed by atoms with van der Waals surface area (Å²) in [5.74, 6) is -0.463. The average molecular weight is 279 g/mol. The van der Waals surface area contributed by atoms with Gasteiger partial charge in [-0.05, 0) is 18.2 Å². The van der Waals surface area contributed by atoms with E-state index in [9.17, 15) is 18.0 Å². The molecule has 19 heavy (non-hydrogen) atoms. The number of nitrogen functional groups attached to an aromatic ring is 1. The zero-order valence-electron chi connectivity index (χ0n) is 9.99. The van der Waals surface area contributed by atoms with Crippen LogP contribution in [0.2, 0.25) is 0 Å². The van der Waals surface area contributed by atoms with Gasteiger partial charge in [0, 0.05) is 5.69 Å². The van der Waals surface area contributed by atoms with Crippen molar-refractivity contribution in [2.75, 3.05) is 26.1 Å². The molecule has 1 aromatic carbocycles. The molecule has 0 fully saturated rings. The molecular formula is C11H12F3NO4. The molecule has 5 nitrogen and oxygen atoms in total. The van der Waals surface area contributed by atoms with Gasteiger partial charge in [0.25, 0.3) is 0 Å². The summed E-state index contributed by atoms with van der Waals surface area (Å²) >= 11 is 0. The van der Waals surface area contributed by atoms with Gasteiger partial charge < -0.3 is 15.2 Å². The van der Waals surface area contributed by atoms with Crippen LogP contribution in [0.5, 0.6) is 5.75 Å². The van der Waals surface area contributed by atoms with E-state index in [1.165, 1.54) is 19.2 Å². The molecule has 0 aromatic heterocycles. The quantitative estimate of drug-likeness (QED) is 0.507. The normalized spacial score (nSPS) is 11.2. The highest BCUT2D eigenvalue weighted by atomic mass is 19.4. The molecule has 2 N–H and O–H groups in total. The second kappa shape index (κ2) is 6.28. The van der Waals surface area contributed by atoms with Gasteiger partial charge in [0.2, 0.25) is 0 Å². The zero-order chi connectivity index (χ0) is 14.5. The maximum atomic E-state index is 11.7. The zero-order valence-corrected chi connectivity index (χ0v) is 9.99. The van der Waals surface area contributed by atoms with Crippen LogP contribution in [-0.4, -0.2) is 32.7 Å². The minimum Gasteiger partial charge on any atom is -0.497 e. The summed E-state index contributed by atoms with van der Waals surface area (Å²) in [5, 5.41) is 0. The van der Waals surface area contributed by atoms with Gasteiger partial charge >= 0.3 is 12.3 Å². The molecule has 0 aliphatic heterocycles.